The minimum absolute atomic E-state index is 0.245. The standard InChI is InChI=1S/C12H16O2/c1-10(2)12(3,14-9-13)11-7-5-4-6-8-11/h4-10H,1-3H3. The maximum Gasteiger partial charge on any atom is 0.293 e. The van der Waals surface area contributed by atoms with E-state index in [2.05, 4.69) is 0 Å². The van der Waals surface area contributed by atoms with Crippen molar-refractivity contribution in [1.82, 2.24) is 0 Å². The third kappa shape index (κ3) is 1.95. The van der Waals surface area contributed by atoms with E-state index in [1.165, 1.54) is 0 Å². The van der Waals surface area contributed by atoms with Crippen molar-refractivity contribution in [3.8, 4) is 0 Å². The molecule has 0 amide bonds. The Kier molecular flexibility index (Phi) is 3.28. The van der Waals surface area contributed by atoms with E-state index < -0.39 is 5.60 Å². The second kappa shape index (κ2) is 4.27. The average Bonchev–Trinajstić information content (AvgIpc) is 2.19. The maximum atomic E-state index is 10.5. The van der Waals surface area contributed by atoms with Gasteiger partial charge in [0.15, 0.2) is 0 Å². The van der Waals surface area contributed by atoms with Crippen molar-refractivity contribution in [3.63, 3.8) is 0 Å². The van der Waals surface area contributed by atoms with E-state index in [4.69, 9.17) is 4.74 Å². The molecule has 0 bridgehead atoms. The lowest BCUT2D eigenvalue weighted by atomic mass is 9.85. The van der Waals surface area contributed by atoms with Gasteiger partial charge in [-0.1, -0.05) is 44.2 Å². The summed E-state index contributed by atoms with van der Waals surface area (Å²) in [5.41, 5.74) is 0.505. The molecular weight excluding hydrogens is 176 g/mol. The van der Waals surface area contributed by atoms with Gasteiger partial charge in [-0.15, -0.1) is 0 Å². The molecule has 1 aromatic carbocycles. The predicted molar refractivity (Wildman–Crippen MR) is 55.8 cm³/mol. The summed E-state index contributed by atoms with van der Waals surface area (Å²) in [5.74, 6) is 0.245. The fraction of sp³-hybridized carbons (Fsp3) is 0.417. The molecular formula is C12H16O2. The first-order valence-corrected chi connectivity index (χ1v) is 4.78. The van der Waals surface area contributed by atoms with E-state index in [-0.39, 0.29) is 5.92 Å². The summed E-state index contributed by atoms with van der Waals surface area (Å²) >= 11 is 0. The normalized spacial score (nSPS) is 14.9. The monoisotopic (exact) mass is 192 g/mol. The second-order valence-corrected chi connectivity index (χ2v) is 3.84. The van der Waals surface area contributed by atoms with Gasteiger partial charge in [0, 0.05) is 0 Å². The van der Waals surface area contributed by atoms with E-state index >= 15 is 0 Å². The lowest BCUT2D eigenvalue weighted by Crippen LogP contribution is -2.31. The van der Waals surface area contributed by atoms with Crippen molar-refractivity contribution in [2.75, 3.05) is 0 Å². The van der Waals surface area contributed by atoms with Gasteiger partial charge in [0.1, 0.15) is 5.60 Å². The average molecular weight is 192 g/mol. The van der Waals surface area contributed by atoms with Crippen LogP contribution in [0.5, 0.6) is 0 Å². The van der Waals surface area contributed by atoms with E-state index in [0.29, 0.717) is 6.47 Å². The van der Waals surface area contributed by atoms with Crippen LogP contribution in [0, 0.1) is 5.92 Å². The number of hydrogen-bond donors (Lipinski definition) is 0. The highest BCUT2D eigenvalue weighted by atomic mass is 16.5. The van der Waals surface area contributed by atoms with Gasteiger partial charge in [0.25, 0.3) is 6.47 Å². The molecule has 0 fully saturated rings. The summed E-state index contributed by atoms with van der Waals surface area (Å²) in [7, 11) is 0. The Bertz CT molecular complexity index is 292. The second-order valence-electron chi connectivity index (χ2n) is 3.84. The van der Waals surface area contributed by atoms with Gasteiger partial charge >= 0.3 is 0 Å². The van der Waals surface area contributed by atoms with Gasteiger partial charge in [0.05, 0.1) is 0 Å². The summed E-state index contributed by atoms with van der Waals surface area (Å²) in [4.78, 5) is 10.5. The van der Waals surface area contributed by atoms with Crippen LogP contribution in [0.15, 0.2) is 30.3 Å². The molecule has 0 aliphatic rings. The highest BCUT2D eigenvalue weighted by Gasteiger charge is 2.31. The Morgan fingerprint density at radius 2 is 1.86 bits per heavy atom. The zero-order chi connectivity index (χ0) is 10.6. The Balaban J connectivity index is 3.05. The molecule has 76 valence electrons. The molecule has 1 unspecified atom stereocenters. The van der Waals surface area contributed by atoms with Gasteiger partial charge in [-0.25, -0.2) is 0 Å². The molecule has 1 rings (SSSR count). The fourth-order valence-electron chi connectivity index (χ4n) is 1.41. The van der Waals surface area contributed by atoms with E-state index in [0.717, 1.165) is 5.56 Å². The molecule has 0 spiro atoms. The molecule has 0 saturated heterocycles. The quantitative estimate of drug-likeness (QED) is 0.686. The van der Waals surface area contributed by atoms with Gasteiger partial charge in [-0.3, -0.25) is 4.79 Å². The van der Waals surface area contributed by atoms with Gasteiger partial charge in [-0.05, 0) is 18.4 Å². The number of hydrogen-bond acceptors (Lipinski definition) is 2. The Labute approximate surface area is 84.9 Å². The van der Waals surface area contributed by atoms with Crippen LogP contribution in [0.4, 0.5) is 0 Å². The molecule has 0 N–H and O–H groups in total. The van der Waals surface area contributed by atoms with E-state index in [9.17, 15) is 4.79 Å². The summed E-state index contributed by atoms with van der Waals surface area (Å²) in [5, 5.41) is 0. The summed E-state index contributed by atoms with van der Waals surface area (Å²) in [6.07, 6.45) is 0. The van der Waals surface area contributed by atoms with E-state index in [1.807, 2.05) is 51.1 Å². The molecule has 1 atom stereocenters. The smallest absolute Gasteiger partial charge is 0.293 e. The zero-order valence-corrected chi connectivity index (χ0v) is 8.86. The van der Waals surface area contributed by atoms with Crippen molar-refractivity contribution in [3.05, 3.63) is 35.9 Å². The Hall–Kier alpha value is -1.31. The minimum atomic E-state index is -0.525. The topological polar surface area (TPSA) is 26.3 Å². The van der Waals surface area contributed by atoms with Crippen molar-refractivity contribution in [2.24, 2.45) is 5.92 Å². The van der Waals surface area contributed by atoms with Crippen molar-refractivity contribution < 1.29 is 9.53 Å². The highest BCUT2D eigenvalue weighted by Crippen LogP contribution is 2.32. The van der Waals surface area contributed by atoms with Crippen molar-refractivity contribution in [1.29, 1.82) is 0 Å². The van der Waals surface area contributed by atoms with Crippen LogP contribution >= 0.6 is 0 Å². The van der Waals surface area contributed by atoms with Crippen LogP contribution in [0.1, 0.15) is 26.3 Å². The SMILES string of the molecule is CC(C)C(C)(OC=O)c1ccccc1. The maximum absolute atomic E-state index is 10.5. The Morgan fingerprint density at radius 3 is 2.29 bits per heavy atom. The number of carbonyl (C=O) groups excluding carboxylic acids is 1. The number of carbonyl (C=O) groups is 1. The van der Waals surface area contributed by atoms with Crippen LogP contribution in [-0.4, -0.2) is 6.47 Å². The van der Waals surface area contributed by atoms with E-state index in [1.54, 1.807) is 0 Å². The molecule has 1 aromatic rings. The highest BCUT2D eigenvalue weighted by molar-refractivity contribution is 5.40. The first kappa shape index (κ1) is 10.8. The molecule has 2 nitrogen and oxygen atoms in total. The van der Waals surface area contributed by atoms with Crippen LogP contribution in [-0.2, 0) is 15.1 Å². The largest absolute Gasteiger partial charge is 0.456 e. The summed E-state index contributed by atoms with van der Waals surface area (Å²) < 4.78 is 5.20. The number of rotatable bonds is 4. The third-order valence-corrected chi connectivity index (χ3v) is 2.74. The molecule has 0 aromatic heterocycles. The summed E-state index contributed by atoms with van der Waals surface area (Å²) in [6, 6.07) is 9.80. The first-order valence-electron chi connectivity index (χ1n) is 4.78. The van der Waals surface area contributed by atoms with Crippen molar-refractivity contribution >= 4 is 6.47 Å². The molecule has 0 saturated carbocycles. The van der Waals surface area contributed by atoms with Crippen LogP contribution < -0.4 is 0 Å². The molecule has 14 heavy (non-hydrogen) atoms. The van der Waals surface area contributed by atoms with Crippen LogP contribution in [0.25, 0.3) is 0 Å². The lowest BCUT2D eigenvalue weighted by Gasteiger charge is -2.32. The lowest BCUT2D eigenvalue weighted by molar-refractivity contribution is -0.147. The molecule has 0 radical (unpaired) electrons. The van der Waals surface area contributed by atoms with Gasteiger partial charge in [0.2, 0.25) is 0 Å². The molecule has 0 aliphatic carbocycles. The first-order chi connectivity index (χ1) is 6.61. The number of benzene rings is 1. The Morgan fingerprint density at radius 1 is 1.29 bits per heavy atom. The fourth-order valence-corrected chi connectivity index (χ4v) is 1.41. The third-order valence-electron chi connectivity index (χ3n) is 2.74. The molecule has 0 heterocycles. The van der Waals surface area contributed by atoms with Gasteiger partial charge in [-0.2, -0.15) is 0 Å². The zero-order valence-electron chi connectivity index (χ0n) is 8.86. The van der Waals surface area contributed by atoms with Crippen LogP contribution in [0.2, 0.25) is 0 Å². The predicted octanol–water partition coefficient (Wildman–Crippen LogP) is 2.73. The van der Waals surface area contributed by atoms with Crippen molar-refractivity contribution in [2.45, 2.75) is 26.4 Å². The van der Waals surface area contributed by atoms with Gasteiger partial charge < -0.3 is 4.74 Å². The van der Waals surface area contributed by atoms with Crippen LogP contribution in [0.3, 0.4) is 0 Å². The minimum Gasteiger partial charge on any atom is -0.456 e. The number of ether oxygens (including phenoxy) is 1. The summed E-state index contributed by atoms with van der Waals surface area (Å²) in [6.45, 7) is 6.53. The molecule has 2 heteroatoms. The molecule has 0 aliphatic heterocycles.